The molecule has 0 fully saturated rings. The highest BCUT2D eigenvalue weighted by atomic mass is 32.2. The van der Waals surface area contributed by atoms with Gasteiger partial charge in [-0.1, -0.05) is 36.0 Å². The first-order valence-electron chi connectivity index (χ1n) is 5.81. The number of nitrogens with zero attached hydrogens (tertiary/aromatic N) is 2. The zero-order valence-electron chi connectivity index (χ0n) is 10.6. The number of aromatic nitrogens is 1. The molecule has 3 N–H and O–H groups in total. The normalized spacial score (nSPS) is 11.3. The number of benzene rings is 1. The first-order chi connectivity index (χ1) is 9.01. The zero-order valence-corrected chi connectivity index (χ0v) is 11.4. The molecule has 0 aliphatic carbocycles. The second kappa shape index (κ2) is 5.38. The number of hydrogen-bond acceptors (Lipinski definition) is 3. The molecule has 0 aliphatic rings. The summed E-state index contributed by atoms with van der Waals surface area (Å²) in [6, 6.07) is 11.7. The Morgan fingerprint density at radius 3 is 2.63 bits per heavy atom. The standard InChI is InChI=1S/C13H14N3O2S/c1-10-4-2-7-13(15-10)16-19(17,18)12-6-3-5-11(8-12)9-14/h2-8H,9,14H2,1H3/q-1/p+1. The molecule has 0 bridgehead atoms. The Morgan fingerprint density at radius 1 is 1.21 bits per heavy atom. The van der Waals surface area contributed by atoms with Crippen molar-refractivity contribution in [3.05, 3.63) is 58.4 Å². The summed E-state index contributed by atoms with van der Waals surface area (Å²) in [5, 5.41) is 0. The van der Waals surface area contributed by atoms with Crippen LogP contribution in [0, 0.1) is 6.92 Å². The van der Waals surface area contributed by atoms with E-state index in [9.17, 15) is 8.42 Å². The van der Waals surface area contributed by atoms with Crippen molar-refractivity contribution in [2.45, 2.75) is 18.4 Å². The quantitative estimate of drug-likeness (QED) is 0.919. The van der Waals surface area contributed by atoms with Gasteiger partial charge >= 0.3 is 0 Å². The Hall–Kier alpha value is -1.92. The van der Waals surface area contributed by atoms with Crippen LogP contribution in [0.5, 0.6) is 0 Å². The second-order valence-corrected chi connectivity index (χ2v) is 5.71. The van der Waals surface area contributed by atoms with Crippen molar-refractivity contribution in [2.24, 2.45) is 0 Å². The fourth-order valence-corrected chi connectivity index (χ4v) is 2.62. The molecule has 1 aromatic carbocycles. The molecule has 0 saturated heterocycles. The summed E-state index contributed by atoms with van der Waals surface area (Å²) < 4.78 is 28.0. The van der Waals surface area contributed by atoms with E-state index < -0.39 is 10.0 Å². The summed E-state index contributed by atoms with van der Waals surface area (Å²) in [4.78, 5) is 4.23. The van der Waals surface area contributed by atoms with Crippen molar-refractivity contribution in [3.8, 4) is 0 Å². The minimum absolute atomic E-state index is 0.164. The van der Waals surface area contributed by atoms with Crippen LogP contribution in [0.1, 0.15) is 11.3 Å². The van der Waals surface area contributed by atoms with Crippen molar-refractivity contribution in [1.82, 2.24) is 4.98 Å². The van der Waals surface area contributed by atoms with Crippen molar-refractivity contribution in [2.75, 3.05) is 0 Å². The van der Waals surface area contributed by atoms with Gasteiger partial charge in [-0.15, -0.1) is 0 Å². The number of quaternary nitrogens is 1. The minimum atomic E-state index is -3.73. The van der Waals surface area contributed by atoms with Crippen molar-refractivity contribution in [1.29, 1.82) is 0 Å². The highest BCUT2D eigenvalue weighted by molar-refractivity contribution is 7.94. The predicted octanol–water partition coefficient (Wildman–Crippen LogP) is 1.53. The van der Waals surface area contributed by atoms with Crippen LogP contribution in [0.3, 0.4) is 0 Å². The molecule has 5 nitrogen and oxygen atoms in total. The van der Waals surface area contributed by atoms with E-state index in [-0.39, 0.29) is 10.7 Å². The van der Waals surface area contributed by atoms with E-state index in [1.807, 2.05) is 6.07 Å². The number of sulfonamides is 1. The number of aryl methyl sites for hydroxylation is 1. The summed E-state index contributed by atoms with van der Waals surface area (Å²) in [6.45, 7) is 2.32. The van der Waals surface area contributed by atoms with Gasteiger partial charge in [0.2, 0.25) is 10.0 Å². The zero-order chi connectivity index (χ0) is 13.9. The third-order valence-electron chi connectivity index (χ3n) is 2.57. The summed E-state index contributed by atoms with van der Waals surface area (Å²) in [7, 11) is -3.73. The second-order valence-electron chi connectivity index (χ2n) is 4.10. The summed E-state index contributed by atoms with van der Waals surface area (Å²) in [5.41, 5.74) is 5.32. The van der Waals surface area contributed by atoms with Gasteiger partial charge < -0.3 is 15.4 Å². The van der Waals surface area contributed by atoms with Gasteiger partial charge in [-0.05, 0) is 24.9 Å². The molecular formula is C13H15N3O2S. The average molecular weight is 277 g/mol. The molecule has 0 aliphatic heterocycles. The molecule has 1 aromatic heterocycles. The van der Waals surface area contributed by atoms with Gasteiger partial charge in [0, 0.05) is 5.56 Å². The maximum atomic E-state index is 12.2. The molecular weight excluding hydrogens is 262 g/mol. The van der Waals surface area contributed by atoms with E-state index in [0.29, 0.717) is 6.54 Å². The fourth-order valence-electron chi connectivity index (χ4n) is 1.62. The largest absolute Gasteiger partial charge is 0.439 e. The molecule has 2 rings (SSSR count). The van der Waals surface area contributed by atoms with Crippen LogP contribution in [0.25, 0.3) is 4.72 Å². The summed E-state index contributed by atoms with van der Waals surface area (Å²) >= 11 is 0. The van der Waals surface area contributed by atoms with Crippen molar-refractivity contribution < 1.29 is 14.2 Å². The number of rotatable bonds is 4. The Balaban J connectivity index is 2.32. The lowest BCUT2D eigenvalue weighted by Crippen LogP contribution is -2.47. The molecule has 100 valence electrons. The van der Waals surface area contributed by atoms with Crippen LogP contribution < -0.4 is 5.73 Å². The lowest BCUT2D eigenvalue weighted by atomic mass is 10.2. The Labute approximate surface area is 112 Å². The van der Waals surface area contributed by atoms with Crippen LogP contribution in [0.4, 0.5) is 5.82 Å². The van der Waals surface area contributed by atoms with Gasteiger partial charge in [0.15, 0.2) is 0 Å². The Morgan fingerprint density at radius 2 is 1.95 bits per heavy atom. The van der Waals surface area contributed by atoms with Crippen molar-refractivity contribution in [3.63, 3.8) is 0 Å². The van der Waals surface area contributed by atoms with E-state index in [1.54, 1.807) is 37.3 Å². The van der Waals surface area contributed by atoms with Gasteiger partial charge in [-0.3, -0.25) is 0 Å². The van der Waals surface area contributed by atoms with Crippen molar-refractivity contribution >= 4 is 15.8 Å². The Bertz CT molecular complexity index is 684. The SMILES string of the molecule is Cc1cccc([N-]S(=O)(=O)c2cccc(C[NH3+])c2)n1. The molecule has 0 unspecified atom stereocenters. The van der Waals surface area contributed by atoms with E-state index in [0.717, 1.165) is 11.3 Å². The first-order valence-corrected chi connectivity index (χ1v) is 7.25. The van der Waals surface area contributed by atoms with Gasteiger partial charge in [-0.25, -0.2) is 8.42 Å². The molecule has 0 saturated carbocycles. The highest BCUT2D eigenvalue weighted by Gasteiger charge is 2.10. The maximum absolute atomic E-state index is 12.2. The first kappa shape index (κ1) is 13.5. The molecule has 19 heavy (non-hydrogen) atoms. The average Bonchev–Trinajstić information content (AvgIpc) is 2.38. The van der Waals surface area contributed by atoms with Crippen LogP contribution in [-0.2, 0) is 16.6 Å². The van der Waals surface area contributed by atoms with Crippen LogP contribution in [0.2, 0.25) is 0 Å². The highest BCUT2D eigenvalue weighted by Crippen LogP contribution is 2.26. The lowest BCUT2D eigenvalue weighted by Gasteiger charge is -2.16. The number of hydrogen-bond donors (Lipinski definition) is 1. The molecule has 0 atom stereocenters. The topological polar surface area (TPSA) is 88.8 Å². The van der Waals surface area contributed by atoms with E-state index in [2.05, 4.69) is 15.4 Å². The summed E-state index contributed by atoms with van der Waals surface area (Å²) in [5.74, 6) is 0.194. The van der Waals surface area contributed by atoms with Gasteiger partial charge in [0.25, 0.3) is 0 Å². The third-order valence-corrected chi connectivity index (χ3v) is 3.85. The smallest absolute Gasteiger partial charge is 0.202 e. The molecule has 6 heteroatoms. The fraction of sp³-hybridized carbons (Fsp3) is 0.154. The van der Waals surface area contributed by atoms with Gasteiger partial charge in [0.05, 0.1) is 11.4 Å². The van der Waals surface area contributed by atoms with Crippen LogP contribution in [-0.4, -0.2) is 13.4 Å². The monoisotopic (exact) mass is 277 g/mol. The van der Waals surface area contributed by atoms with Crippen LogP contribution in [0.15, 0.2) is 47.4 Å². The minimum Gasteiger partial charge on any atom is -0.439 e. The summed E-state index contributed by atoms with van der Waals surface area (Å²) in [6.07, 6.45) is 0. The maximum Gasteiger partial charge on any atom is 0.202 e. The molecule has 0 amide bonds. The molecule has 0 radical (unpaired) electrons. The van der Waals surface area contributed by atoms with Crippen LogP contribution >= 0.6 is 0 Å². The van der Waals surface area contributed by atoms with E-state index in [1.165, 1.54) is 6.07 Å². The molecule has 0 spiro atoms. The molecule has 1 heterocycles. The third kappa shape index (κ3) is 3.30. The van der Waals surface area contributed by atoms with Gasteiger partial charge in [-0.2, -0.15) is 0 Å². The predicted molar refractivity (Wildman–Crippen MR) is 72.2 cm³/mol. The number of pyridine rings is 1. The van der Waals surface area contributed by atoms with E-state index in [4.69, 9.17) is 0 Å². The van der Waals surface area contributed by atoms with E-state index >= 15 is 0 Å². The lowest BCUT2D eigenvalue weighted by molar-refractivity contribution is -0.386. The van der Waals surface area contributed by atoms with Gasteiger partial charge in [0.1, 0.15) is 0 Å². The molecule has 2 aromatic rings. The Kier molecular flexibility index (Phi) is 3.82.